The van der Waals surface area contributed by atoms with E-state index in [-0.39, 0.29) is 130 Å². The summed E-state index contributed by atoms with van der Waals surface area (Å²) in [5.74, 6) is -2.94. The summed E-state index contributed by atoms with van der Waals surface area (Å²) in [5, 5.41) is 46.3. The van der Waals surface area contributed by atoms with Crippen molar-refractivity contribution in [3.05, 3.63) is 136 Å². The highest BCUT2D eigenvalue weighted by Crippen LogP contribution is 2.40. The number of likely N-dealkylation sites (tertiary alicyclic amines) is 1. The van der Waals surface area contributed by atoms with Crippen LogP contribution < -0.4 is 19.9 Å². The number of aryl methyl sites for hydroxylation is 3. The van der Waals surface area contributed by atoms with Gasteiger partial charge in [-0.1, -0.05) is 29.8 Å². The van der Waals surface area contributed by atoms with Crippen molar-refractivity contribution in [3.8, 4) is 17.2 Å². The average molecular weight is 1130 g/mol. The Balaban J connectivity index is 0.803. The van der Waals surface area contributed by atoms with Gasteiger partial charge in [-0.15, -0.1) is 0 Å². The molecule has 0 spiro atoms. The van der Waals surface area contributed by atoms with Gasteiger partial charge >= 0.3 is 5.97 Å². The topological polar surface area (TPSA) is 321 Å². The number of carbonyl (C=O) groups is 6. The number of carbonyl (C=O) groups excluding carboxylic acids is 5. The minimum absolute atomic E-state index is 0.00335. The Bertz CT molecular complexity index is 3210. The lowest BCUT2D eigenvalue weighted by Gasteiger charge is -2.38. The van der Waals surface area contributed by atoms with Gasteiger partial charge in [0.15, 0.2) is 40.7 Å². The van der Waals surface area contributed by atoms with E-state index in [4.69, 9.17) is 28.1 Å². The zero-order valence-electron chi connectivity index (χ0n) is 43.9. The zero-order chi connectivity index (χ0) is 57.1. The van der Waals surface area contributed by atoms with Crippen LogP contribution in [0, 0.1) is 13.8 Å². The lowest BCUT2D eigenvalue weighted by atomic mass is 9.99. The summed E-state index contributed by atoms with van der Waals surface area (Å²) in [5.41, 5.74) is 5.01. The number of piperidine rings is 1. The predicted octanol–water partition coefficient (Wildman–Crippen LogP) is 2.31. The lowest BCUT2D eigenvalue weighted by Crippen LogP contribution is -2.61. The number of rotatable bonds is 29. The summed E-state index contributed by atoms with van der Waals surface area (Å²) in [6.07, 6.45) is -4.97. The molecule has 0 bridgehead atoms. The normalized spacial score (nSPS) is 18.8. The minimum Gasteiger partial charge on any atom is -0.479 e. The van der Waals surface area contributed by atoms with Gasteiger partial charge in [-0.25, -0.2) is 22.8 Å². The molecule has 2 aromatic heterocycles. The van der Waals surface area contributed by atoms with E-state index >= 15 is 0 Å². The van der Waals surface area contributed by atoms with E-state index in [1.807, 2.05) is 29.8 Å². The van der Waals surface area contributed by atoms with Crippen LogP contribution in [0.2, 0.25) is 0 Å². The van der Waals surface area contributed by atoms with Crippen molar-refractivity contribution in [1.82, 2.24) is 15.2 Å². The van der Waals surface area contributed by atoms with Gasteiger partial charge in [0.2, 0.25) is 24.0 Å². The van der Waals surface area contributed by atoms with Crippen LogP contribution in [-0.2, 0) is 71.5 Å². The lowest BCUT2D eigenvalue weighted by molar-refractivity contribution is -0.688. The highest BCUT2D eigenvalue weighted by atomic mass is 32.2. The van der Waals surface area contributed by atoms with E-state index in [0.29, 0.717) is 52.1 Å². The third kappa shape index (κ3) is 15.2. The summed E-state index contributed by atoms with van der Waals surface area (Å²) < 4.78 is 61.4. The molecule has 5 aromatic rings. The van der Waals surface area contributed by atoms with Gasteiger partial charge in [0.1, 0.15) is 35.6 Å². The summed E-state index contributed by atoms with van der Waals surface area (Å²) in [6, 6.07) is 21.7. The van der Waals surface area contributed by atoms with Crippen LogP contribution in [0.1, 0.15) is 64.2 Å². The summed E-state index contributed by atoms with van der Waals surface area (Å²) in [6.45, 7) is 5.16. The molecule has 1 fully saturated rings. The number of anilines is 1. The van der Waals surface area contributed by atoms with Crippen molar-refractivity contribution in [1.29, 1.82) is 0 Å². The second-order valence-corrected chi connectivity index (χ2v) is 21.3. The maximum atomic E-state index is 13.4. The van der Waals surface area contributed by atoms with E-state index in [1.165, 1.54) is 11.0 Å². The third-order valence-corrected chi connectivity index (χ3v) is 14.9. The molecule has 1 aliphatic carbocycles. The second kappa shape index (κ2) is 26.6. The van der Waals surface area contributed by atoms with E-state index in [1.54, 1.807) is 73.8 Å². The molecule has 1 saturated heterocycles. The Morgan fingerprint density at radius 2 is 1.48 bits per heavy atom. The molecular weight excluding hydrogens is 1060 g/mol. The Hall–Kier alpha value is -7.55. The molecule has 6 N–H and O–H groups in total. The fourth-order valence-electron chi connectivity index (χ4n) is 8.72. The van der Waals surface area contributed by atoms with Gasteiger partial charge in [0.25, 0.3) is 11.8 Å². The molecule has 0 radical (unpaired) electrons. The maximum absolute atomic E-state index is 13.4. The largest absolute Gasteiger partial charge is 0.479 e. The molecule has 2 aliphatic heterocycles. The number of carboxylic acids is 1. The number of imide groups is 1. The molecule has 4 heterocycles. The summed E-state index contributed by atoms with van der Waals surface area (Å²) in [4.78, 5) is 80.8. The minimum atomic E-state index is -3.67. The number of pyridine rings is 1. The summed E-state index contributed by atoms with van der Waals surface area (Å²) in [7, 11) is -3.67. The van der Waals surface area contributed by atoms with Crippen LogP contribution >= 0.6 is 0 Å². The molecule has 24 heteroatoms. The van der Waals surface area contributed by atoms with Crippen molar-refractivity contribution in [3.63, 3.8) is 0 Å². The number of benzene rings is 3. The number of aromatic nitrogens is 2. The fourth-order valence-corrected chi connectivity index (χ4v) is 10.1. The average Bonchev–Trinajstić information content (AvgIpc) is 4.28. The number of aliphatic hydroxyl groups is 3. The molecule has 3 aliphatic rings. The van der Waals surface area contributed by atoms with E-state index < -0.39 is 52.4 Å². The number of aliphatic hydroxyl groups excluding tert-OH is 3. The van der Waals surface area contributed by atoms with Crippen LogP contribution in [0.5, 0.6) is 5.75 Å². The molecule has 0 unspecified atom stereocenters. The van der Waals surface area contributed by atoms with Crippen LogP contribution in [0.15, 0.2) is 112 Å². The SMILES string of the molecule is Cc1ccc(S(=O)(=O)Cc2nc(-c3ccc(C(=O)CCc4ccc[n+](Cc5ccc(O[C@@H]6O[C@H](C(=O)O)[C@@H](O)[C@H](O)[C@H]6O)c(NC(=O)CCNC(=O)CCOCCOCCOCCN6C(=O)C7=C(C7)C6=O)c5)c4)cc3)oc2C)cc1. The molecule has 0 saturated carbocycles. The van der Waals surface area contributed by atoms with Gasteiger partial charge in [-0.05, 0) is 68.8 Å². The smallest absolute Gasteiger partial charge is 0.335 e. The van der Waals surface area contributed by atoms with Gasteiger partial charge in [0, 0.05) is 71.7 Å². The number of oxazole rings is 1. The van der Waals surface area contributed by atoms with Gasteiger partial charge < -0.3 is 59.2 Å². The number of nitrogens with one attached hydrogen (secondary N) is 2. The van der Waals surface area contributed by atoms with Crippen molar-refractivity contribution in [2.45, 2.75) is 93.9 Å². The molecule has 80 heavy (non-hydrogen) atoms. The van der Waals surface area contributed by atoms with Crippen LogP contribution in [0.4, 0.5) is 5.69 Å². The number of nitrogens with zero attached hydrogens (tertiary/aromatic N) is 3. The first-order chi connectivity index (χ1) is 38.3. The number of hydrogen-bond donors (Lipinski definition) is 6. The van der Waals surface area contributed by atoms with Gasteiger partial charge in [-0.3, -0.25) is 28.9 Å². The van der Waals surface area contributed by atoms with Crippen LogP contribution in [-0.4, -0.2) is 158 Å². The fraction of sp³-hybridized carbons (Fsp3) is 0.393. The molecule has 424 valence electrons. The number of amides is 4. The van der Waals surface area contributed by atoms with E-state index in [0.717, 1.165) is 11.1 Å². The molecule has 8 rings (SSSR count). The molecule has 23 nitrogen and oxygen atoms in total. The quantitative estimate of drug-likeness (QED) is 0.0173. The standard InChI is InChI=1S/C56H61N5O18S/c1-33-5-13-39(14-6-33)80(72,73)32-43-34(2)77-52(59-43)38-11-9-37(10-12-38)44(62)15-7-35-4-3-20-60(30-35)31-36-8-16-45(78-56-50(67)48(65)49(66)51(79-56)55(70)71)42(28-36)58-47(64)17-19-57-46(63)18-22-74-24-26-76-27-25-75-23-21-61-53(68)40-29-41(40)54(61)69/h3-6,8-14,16,20,28,30,48-51,56,65-67H,7,15,17-19,21-27,29,31-32H2,1-2H3,(H2-,57,58,63,64,70,71)/p+1/t48-,49-,50+,51-,56+/m0/s1. The zero-order valence-corrected chi connectivity index (χ0v) is 44.7. The van der Waals surface area contributed by atoms with Gasteiger partial charge in [-0.2, -0.15) is 0 Å². The first-order valence-electron chi connectivity index (χ1n) is 25.8. The molecule has 4 amide bonds. The number of carboxylic acid groups (broad SMARTS) is 1. The first-order valence-corrected chi connectivity index (χ1v) is 27.5. The van der Waals surface area contributed by atoms with Crippen molar-refractivity contribution in [2.75, 3.05) is 58.0 Å². The number of ether oxygens (including phenoxy) is 5. The number of sulfone groups is 1. The van der Waals surface area contributed by atoms with E-state index in [9.17, 15) is 57.6 Å². The van der Waals surface area contributed by atoms with Crippen LogP contribution in [0.25, 0.3) is 11.5 Å². The Kier molecular flexibility index (Phi) is 19.5. The third-order valence-electron chi connectivity index (χ3n) is 13.3. The monoisotopic (exact) mass is 1120 g/mol. The number of aliphatic carboxylic acids is 1. The molecule has 5 atom stereocenters. The second-order valence-electron chi connectivity index (χ2n) is 19.3. The van der Waals surface area contributed by atoms with Crippen LogP contribution in [0.3, 0.4) is 0 Å². The molecule has 3 aromatic carbocycles. The van der Waals surface area contributed by atoms with Crippen molar-refractivity contribution in [2.24, 2.45) is 0 Å². The Morgan fingerprint density at radius 1 is 0.787 bits per heavy atom. The Morgan fingerprint density at radius 3 is 2.17 bits per heavy atom. The highest BCUT2D eigenvalue weighted by molar-refractivity contribution is 7.90. The van der Waals surface area contributed by atoms with Gasteiger partial charge in [0.05, 0.1) is 62.5 Å². The maximum Gasteiger partial charge on any atom is 0.335 e. The van der Waals surface area contributed by atoms with Crippen molar-refractivity contribution >= 4 is 50.9 Å². The Labute approximate surface area is 460 Å². The number of ketones is 1. The first kappa shape index (κ1) is 58.6. The molecular formula is C56H62N5O18S+. The number of hydrogen-bond acceptors (Lipinski definition) is 18. The number of Topliss-reactive ketones (excluding diaryl/α,β-unsaturated/α-hetero) is 1. The predicted molar refractivity (Wildman–Crippen MR) is 280 cm³/mol. The summed E-state index contributed by atoms with van der Waals surface area (Å²) >= 11 is 0. The van der Waals surface area contributed by atoms with E-state index in [2.05, 4.69) is 15.6 Å². The highest BCUT2D eigenvalue weighted by Gasteiger charge is 2.49. The van der Waals surface area contributed by atoms with Crippen molar-refractivity contribution < 1.29 is 90.3 Å².